The molecule has 0 aliphatic carbocycles. The highest BCUT2D eigenvalue weighted by Gasteiger charge is 2.16. The zero-order chi connectivity index (χ0) is 13.4. The number of hydrogen-bond acceptors (Lipinski definition) is 5. The fourth-order valence-corrected chi connectivity index (χ4v) is 2.90. The molecule has 100 valence electrons. The van der Waals surface area contributed by atoms with Crippen molar-refractivity contribution in [2.45, 2.75) is 13.2 Å². The van der Waals surface area contributed by atoms with E-state index in [1.54, 1.807) is 16.0 Å². The summed E-state index contributed by atoms with van der Waals surface area (Å²) in [5.41, 5.74) is 1.94. The Morgan fingerprint density at radius 2 is 2.32 bits per heavy atom. The first-order valence-corrected chi connectivity index (χ1v) is 6.81. The van der Waals surface area contributed by atoms with Gasteiger partial charge in [-0.1, -0.05) is 0 Å². The number of aliphatic hydroxyl groups is 1. The maximum absolute atomic E-state index is 9.54. The number of anilines is 1. The molecule has 0 saturated carbocycles. The Hall–Kier alpha value is -1.86. The summed E-state index contributed by atoms with van der Waals surface area (Å²) >= 11 is 1.56. The summed E-state index contributed by atoms with van der Waals surface area (Å²) in [6.07, 6.45) is 5.75. The van der Waals surface area contributed by atoms with Crippen LogP contribution >= 0.6 is 11.3 Å². The van der Waals surface area contributed by atoms with E-state index in [2.05, 4.69) is 10.1 Å². The average Bonchev–Trinajstić information content (AvgIpc) is 3.03. The minimum Gasteiger partial charge on any atom is -0.390 e. The van der Waals surface area contributed by atoms with Gasteiger partial charge < -0.3 is 10.0 Å². The van der Waals surface area contributed by atoms with Crippen LogP contribution in [0.15, 0.2) is 24.0 Å². The van der Waals surface area contributed by atoms with Gasteiger partial charge in [0.1, 0.15) is 0 Å². The lowest BCUT2D eigenvalue weighted by molar-refractivity contribution is 0.276. The molecule has 0 saturated heterocycles. The molecule has 0 radical (unpaired) electrons. The van der Waals surface area contributed by atoms with Crippen LogP contribution in [0.5, 0.6) is 0 Å². The molecular formula is C12H15N5OS. The van der Waals surface area contributed by atoms with E-state index in [9.17, 15) is 5.11 Å². The number of aromatic nitrogens is 4. The highest BCUT2D eigenvalue weighted by atomic mass is 32.1. The SMILES string of the molecule is CN(Cc1cnn(C)c1)c1nc2sccn2c1CO. The minimum atomic E-state index is -0.0232. The summed E-state index contributed by atoms with van der Waals surface area (Å²) in [4.78, 5) is 7.50. The van der Waals surface area contributed by atoms with Gasteiger partial charge in [-0.15, -0.1) is 11.3 Å². The van der Waals surface area contributed by atoms with Gasteiger partial charge in [0.25, 0.3) is 0 Å². The van der Waals surface area contributed by atoms with Crippen LogP contribution in [0, 0.1) is 0 Å². The summed E-state index contributed by atoms with van der Waals surface area (Å²) in [5, 5.41) is 15.7. The van der Waals surface area contributed by atoms with Gasteiger partial charge in [0.05, 0.1) is 18.5 Å². The summed E-state index contributed by atoms with van der Waals surface area (Å²) < 4.78 is 3.71. The number of nitrogens with zero attached hydrogens (tertiary/aromatic N) is 5. The molecule has 19 heavy (non-hydrogen) atoms. The molecule has 3 aromatic rings. The molecule has 0 aliphatic heterocycles. The van der Waals surface area contributed by atoms with E-state index < -0.39 is 0 Å². The lowest BCUT2D eigenvalue weighted by Crippen LogP contribution is -2.18. The third-order valence-corrected chi connectivity index (χ3v) is 3.79. The van der Waals surface area contributed by atoms with Gasteiger partial charge in [0.15, 0.2) is 10.8 Å². The van der Waals surface area contributed by atoms with Crippen LogP contribution in [0.1, 0.15) is 11.3 Å². The molecule has 7 heteroatoms. The Bertz CT molecular complexity index is 698. The van der Waals surface area contributed by atoms with Crippen molar-refractivity contribution in [3.8, 4) is 0 Å². The van der Waals surface area contributed by atoms with Crippen LogP contribution in [0.3, 0.4) is 0 Å². The lowest BCUT2D eigenvalue weighted by atomic mass is 10.3. The number of imidazole rings is 1. The van der Waals surface area contributed by atoms with Crippen LogP contribution in [0.25, 0.3) is 4.96 Å². The monoisotopic (exact) mass is 277 g/mol. The summed E-state index contributed by atoms with van der Waals surface area (Å²) in [7, 11) is 3.87. The van der Waals surface area contributed by atoms with E-state index in [0.29, 0.717) is 6.54 Å². The molecule has 0 aromatic carbocycles. The first kappa shape index (κ1) is 12.2. The molecule has 0 amide bonds. The molecule has 0 bridgehead atoms. The van der Waals surface area contributed by atoms with E-state index in [1.165, 1.54) is 0 Å². The van der Waals surface area contributed by atoms with Gasteiger partial charge in [-0.2, -0.15) is 5.10 Å². The number of aryl methyl sites for hydroxylation is 1. The first-order chi connectivity index (χ1) is 9.19. The number of hydrogen-bond donors (Lipinski definition) is 1. The normalized spacial score (nSPS) is 11.3. The second kappa shape index (κ2) is 4.67. The Balaban J connectivity index is 1.92. The van der Waals surface area contributed by atoms with Gasteiger partial charge in [-0.05, 0) is 0 Å². The Morgan fingerprint density at radius 3 is 3.00 bits per heavy atom. The smallest absolute Gasteiger partial charge is 0.195 e. The van der Waals surface area contributed by atoms with E-state index in [-0.39, 0.29) is 6.61 Å². The molecule has 3 rings (SSSR count). The summed E-state index contributed by atoms with van der Waals surface area (Å²) in [5.74, 6) is 0.818. The molecule has 3 heterocycles. The molecule has 6 nitrogen and oxygen atoms in total. The van der Waals surface area contributed by atoms with Gasteiger partial charge in [-0.25, -0.2) is 4.98 Å². The van der Waals surface area contributed by atoms with Crippen LogP contribution in [0.4, 0.5) is 5.82 Å². The first-order valence-electron chi connectivity index (χ1n) is 5.93. The average molecular weight is 277 g/mol. The van der Waals surface area contributed by atoms with Crippen molar-refractivity contribution in [1.82, 2.24) is 19.2 Å². The van der Waals surface area contributed by atoms with Gasteiger partial charge in [0.2, 0.25) is 0 Å². The molecule has 0 spiro atoms. The van der Waals surface area contributed by atoms with Crippen molar-refractivity contribution in [2.24, 2.45) is 7.05 Å². The maximum atomic E-state index is 9.54. The van der Waals surface area contributed by atoms with Crippen molar-refractivity contribution < 1.29 is 5.11 Å². The van der Waals surface area contributed by atoms with Crippen LogP contribution in [0.2, 0.25) is 0 Å². The van der Waals surface area contributed by atoms with E-state index in [1.807, 2.05) is 47.4 Å². The molecule has 1 N–H and O–H groups in total. The van der Waals surface area contributed by atoms with E-state index in [0.717, 1.165) is 22.0 Å². The number of rotatable bonds is 4. The zero-order valence-corrected chi connectivity index (χ0v) is 11.6. The van der Waals surface area contributed by atoms with Crippen LogP contribution < -0.4 is 4.90 Å². The second-order valence-corrected chi connectivity index (χ2v) is 5.35. The molecule has 0 aliphatic rings. The van der Waals surface area contributed by atoms with E-state index in [4.69, 9.17) is 0 Å². The van der Waals surface area contributed by atoms with Crippen molar-refractivity contribution in [3.63, 3.8) is 0 Å². The van der Waals surface area contributed by atoms with Crippen molar-refractivity contribution >= 4 is 22.1 Å². The van der Waals surface area contributed by atoms with E-state index >= 15 is 0 Å². The van der Waals surface area contributed by atoms with Crippen molar-refractivity contribution in [3.05, 3.63) is 35.2 Å². The fourth-order valence-electron chi connectivity index (χ4n) is 2.18. The molecule has 0 fully saturated rings. The second-order valence-electron chi connectivity index (χ2n) is 4.47. The largest absolute Gasteiger partial charge is 0.390 e. The number of fused-ring (bicyclic) bond motifs is 1. The predicted molar refractivity (Wildman–Crippen MR) is 74.3 cm³/mol. The minimum absolute atomic E-state index is 0.0232. The molecular weight excluding hydrogens is 262 g/mol. The quantitative estimate of drug-likeness (QED) is 0.780. The number of thiazole rings is 1. The third kappa shape index (κ3) is 2.11. The van der Waals surface area contributed by atoms with Crippen molar-refractivity contribution in [2.75, 3.05) is 11.9 Å². The third-order valence-electron chi connectivity index (χ3n) is 3.03. The van der Waals surface area contributed by atoms with Crippen molar-refractivity contribution in [1.29, 1.82) is 0 Å². The Labute approximate surface area is 114 Å². The predicted octanol–water partition coefficient (Wildman–Crippen LogP) is 1.26. The van der Waals surface area contributed by atoms with Crippen LogP contribution in [-0.4, -0.2) is 31.3 Å². The Kier molecular flexibility index (Phi) is 3.00. The summed E-state index contributed by atoms with van der Waals surface area (Å²) in [6, 6.07) is 0. The van der Waals surface area contributed by atoms with Gasteiger partial charge in [0, 0.05) is 44.0 Å². The fraction of sp³-hybridized carbons (Fsp3) is 0.333. The highest BCUT2D eigenvalue weighted by Crippen LogP contribution is 2.24. The lowest BCUT2D eigenvalue weighted by Gasteiger charge is -2.16. The topological polar surface area (TPSA) is 58.6 Å². The standard InChI is InChI=1S/C12H15N5OS/c1-15(6-9-5-13-16(2)7-9)11-10(8-18)17-3-4-19-12(17)14-11/h3-5,7,18H,6,8H2,1-2H3. The summed E-state index contributed by atoms with van der Waals surface area (Å²) in [6.45, 7) is 0.691. The van der Waals surface area contributed by atoms with Gasteiger partial charge in [-0.3, -0.25) is 9.08 Å². The molecule has 0 atom stereocenters. The highest BCUT2D eigenvalue weighted by molar-refractivity contribution is 7.15. The van der Waals surface area contributed by atoms with Crippen LogP contribution in [-0.2, 0) is 20.2 Å². The molecule has 3 aromatic heterocycles. The molecule has 0 unspecified atom stereocenters. The zero-order valence-electron chi connectivity index (χ0n) is 10.8. The number of aliphatic hydroxyl groups excluding tert-OH is 1. The van der Waals surface area contributed by atoms with Gasteiger partial charge >= 0.3 is 0 Å². The maximum Gasteiger partial charge on any atom is 0.195 e. The Morgan fingerprint density at radius 1 is 1.47 bits per heavy atom.